The van der Waals surface area contributed by atoms with Crippen LogP contribution in [0.1, 0.15) is 18.8 Å². The van der Waals surface area contributed by atoms with Crippen molar-refractivity contribution in [3.05, 3.63) is 42.5 Å². The fourth-order valence-electron chi connectivity index (χ4n) is 2.55. The summed E-state index contributed by atoms with van der Waals surface area (Å²) in [6, 6.07) is 8.09. The van der Waals surface area contributed by atoms with Gasteiger partial charge in [0.2, 0.25) is 0 Å². The van der Waals surface area contributed by atoms with Gasteiger partial charge in [0.15, 0.2) is 0 Å². The first kappa shape index (κ1) is 11.8. The van der Waals surface area contributed by atoms with Crippen molar-refractivity contribution in [3.63, 3.8) is 0 Å². The maximum atomic E-state index is 5.81. The molecule has 0 aliphatic carbocycles. The number of hydrogen-bond acceptors (Lipinski definition) is 3. The van der Waals surface area contributed by atoms with Crippen LogP contribution in [-0.4, -0.2) is 19.3 Å². The lowest BCUT2D eigenvalue weighted by Crippen LogP contribution is -2.14. The number of hydrogen-bond donors (Lipinski definition) is 1. The molecular weight excluding hydrogens is 238 g/mol. The molecule has 1 unspecified atom stereocenters. The van der Waals surface area contributed by atoms with Crippen LogP contribution in [0, 0.1) is 6.92 Å². The average Bonchev–Trinajstić information content (AvgIpc) is 2.95. The lowest BCUT2D eigenvalue weighted by Gasteiger charge is -2.16. The monoisotopic (exact) mass is 255 g/mol. The maximum Gasteiger partial charge on any atom is 0.107 e. The molecule has 0 fully saturated rings. The standard InChI is InChI=1S/C14H17N5/c1-10(9-18-7-3-6-16-18)19-11(2)17-13-8-12(15)4-5-14(13)19/h3-8,10H,9,15H2,1-2H3. The normalized spacial score (nSPS) is 12.9. The molecule has 98 valence electrons. The molecule has 5 nitrogen and oxygen atoms in total. The van der Waals surface area contributed by atoms with Gasteiger partial charge in [0.05, 0.1) is 23.6 Å². The van der Waals surface area contributed by atoms with Crippen molar-refractivity contribution in [1.82, 2.24) is 19.3 Å². The lowest BCUT2D eigenvalue weighted by atomic mass is 10.2. The zero-order valence-electron chi connectivity index (χ0n) is 11.1. The van der Waals surface area contributed by atoms with Crippen molar-refractivity contribution in [2.45, 2.75) is 26.4 Å². The Bertz CT molecular complexity index is 696. The molecule has 2 aromatic heterocycles. The van der Waals surface area contributed by atoms with Gasteiger partial charge in [0.25, 0.3) is 0 Å². The van der Waals surface area contributed by atoms with E-state index < -0.39 is 0 Å². The number of nitrogen functional groups attached to an aromatic ring is 1. The number of nitrogens with zero attached hydrogens (tertiary/aromatic N) is 4. The van der Waals surface area contributed by atoms with E-state index in [0.717, 1.165) is 29.1 Å². The van der Waals surface area contributed by atoms with E-state index in [1.54, 1.807) is 6.20 Å². The summed E-state index contributed by atoms with van der Waals surface area (Å²) in [6.07, 6.45) is 3.77. The topological polar surface area (TPSA) is 61.7 Å². The first-order valence-corrected chi connectivity index (χ1v) is 6.36. The number of imidazole rings is 1. The molecule has 0 spiro atoms. The Kier molecular flexibility index (Phi) is 2.74. The number of anilines is 1. The van der Waals surface area contributed by atoms with E-state index in [9.17, 15) is 0 Å². The van der Waals surface area contributed by atoms with Crippen LogP contribution in [0.5, 0.6) is 0 Å². The van der Waals surface area contributed by atoms with Crippen molar-refractivity contribution in [2.75, 3.05) is 5.73 Å². The molecule has 0 bridgehead atoms. The number of benzene rings is 1. The first-order valence-electron chi connectivity index (χ1n) is 6.36. The highest BCUT2D eigenvalue weighted by Crippen LogP contribution is 2.23. The Hall–Kier alpha value is -2.30. The van der Waals surface area contributed by atoms with Gasteiger partial charge < -0.3 is 10.3 Å². The Morgan fingerprint density at radius 3 is 2.95 bits per heavy atom. The summed E-state index contributed by atoms with van der Waals surface area (Å²) in [5, 5.41) is 4.25. The summed E-state index contributed by atoms with van der Waals surface area (Å²) in [5.74, 6) is 1.00. The lowest BCUT2D eigenvalue weighted by molar-refractivity contribution is 0.439. The fourth-order valence-corrected chi connectivity index (χ4v) is 2.55. The summed E-state index contributed by atoms with van der Waals surface area (Å²) >= 11 is 0. The van der Waals surface area contributed by atoms with Crippen LogP contribution < -0.4 is 5.73 Å². The van der Waals surface area contributed by atoms with Gasteiger partial charge >= 0.3 is 0 Å². The van der Waals surface area contributed by atoms with Crippen LogP contribution in [0.25, 0.3) is 11.0 Å². The third kappa shape index (κ3) is 2.07. The summed E-state index contributed by atoms with van der Waals surface area (Å²) in [5.41, 5.74) is 8.62. The van der Waals surface area contributed by atoms with Crippen LogP contribution in [0.2, 0.25) is 0 Å². The minimum absolute atomic E-state index is 0.286. The number of fused-ring (bicyclic) bond motifs is 1. The van der Waals surface area contributed by atoms with Crippen LogP contribution in [0.4, 0.5) is 5.69 Å². The second-order valence-electron chi connectivity index (χ2n) is 4.85. The molecule has 0 aliphatic heterocycles. The van der Waals surface area contributed by atoms with E-state index in [4.69, 9.17) is 5.73 Å². The highest BCUT2D eigenvalue weighted by Gasteiger charge is 2.13. The molecular formula is C14H17N5. The molecule has 0 saturated carbocycles. The molecule has 1 aromatic carbocycles. The number of nitrogens with two attached hydrogens (primary N) is 1. The highest BCUT2D eigenvalue weighted by molar-refractivity contribution is 5.79. The highest BCUT2D eigenvalue weighted by atomic mass is 15.3. The predicted octanol–water partition coefficient (Wildman–Crippen LogP) is 2.38. The second kappa shape index (κ2) is 4.42. The molecule has 0 saturated heterocycles. The predicted molar refractivity (Wildman–Crippen MR) is 75.8 cm³/mol. The van der Waals surface area contributed by atoms with Gasteiger partial charge in [-0.2, -0.15) is 5.10 Å². The molecule has 0 radical (unpaired) electrons. The van der Waals surface area contributed by atoms with E-state index in [0.29, 0.717) is 0 Å². The molecule has 2 heterocycles. The van der Waals surface area contributed by atoms with E-state index in [1.165, 1.54) is 0 Å². The van der Waals surface area contributed by atoms with Crippen LogP contribution >= 0.6 is 0 Å². The zero-order chi connectivity index (χ0) is 13.4. The van der Waals surface area contributed by atoms with E-state index in [2.05, 4.69) is 21.6 Å². The second-order valence-corrected chi connectivity index (χ2v) is 4.85. The molecule has 3 rings (SSSR count). The largest absolute Gasteiger partial charge is 0.399 e. The van der Waals surface area contributed by atoms with Crippen LogP contribution in [-0.2, 0) is 6.54 Å². The van der Waals surface area contributed by atoms with Crippen molar-refractivity contribution in [3.8, 4) is 0 Å². The molecule has 5 heteroatoms. The van der Waals surface area contributed by atoms with Crippen LogP contribution in [0.15, 0.2) is 36.7 Å². The molecule has 0 amide bonds. The third-order valence-corrected chi connectivity index (χ3v) is 3.34. The smallest absolute Gasteiger partial charge is 0.107 e. The van der Waals surface area contributed by atoms with E-state index in [-0.39, 0.29) is 6.04 Å². The summed E-state index contributed by atoms with van der Waals surface area (Å²) in [7, 11) is 0. The average molecular weight is 255 g/mol. The van der Waals surface area contributed by atoms with Crippen molar-refractivity contribution in [1.29, 1.82) is 0 Å². The maximum absolute atomic E-state index is 5.81. The Morgan fingerprint density at radius 1 is 1.37 bits per heavy atom. The van der Waals surface area contributed by atoms with Gasteiger partial charge in [-0.15, -0.1) is 0 Å². The third-order valence-electron chi connectivity index (χ3n) is 3.34. The Balaban J connectivity index is 2.01. The Morgan fingerprint density at radius 2 is 2.21 bits per heavy atom. The Labute approximate surface area is 111 Å². The number of rotatable bonds is 3. The summed E-state index contributed by atoms with van der Waals surface area (Å²) < 4.78 is 4.17. The van der Waals surface area contributed by atoms with Gasteiger partial charge in [-0.05, 0) is 38.1 Å². The first-order chi connectivity index (χ1) is 9.15. The minimum Gasteiger partial charge on any atom is -0.399 e. The number of aromatic nitrogens is 4. The van der Waals surface area contributed by atoms with Crippen molar-refractivity contribution >= 4 is 16.7 Å². The zero-order valence-corrected chi connectivity index (χ0v) is 11.1. The molecule has 1 atom stereocenters. The summed E-state index contributed by atoms with van der Waals surface area (Å²) in [6.45, 7) is 5.02. The van der Waals surface area contributed by atoms with Crippen LogP contribution in [0.3, 0.4) is 0 Å². The van der Waals surface area contributed by atoms with Crippen molar-refractivity contribution in [2.24, 2.45) is 0 Å². The molecule has 0 aliphatic rings. The summed E-state index contributed by atoms with van der Waals surface area (Å²) in [4.78, 5) is 4.58. The molecule has 19 heavy (non-hydrogen) atoms. The van der Waals surface area contributed by atoms with E-state index >= 15 is 0 Å². The van der Waals surface area contributed by atoms with Gasteiger partial charge in [0, 0.05) is 18.1 Å². The number of aryl methyl sites for hydroxylation is 1. The van der Waals surface area contributed by atoms with Crippen molar-refractivity contribution < 1.29 is 0 Å². The van der Waals surface area contributed by atoms with Gasteiger partial charge in [-0.3, -0.25) is 4.68 Å². The van der Waals surface area contributed by atoms with E-state index in [1.807, 2.05) is 42.1 Å². The molecule has 2 N–H and O–H groups in total. The SMILES string of the molecule is Cc1nc2cc(N)ccc2n1C(C)Cn1cccn1. The molecule has 3 aromatic rings. The van der Waals surface area contributed by atoms with Gasteiger partial charge in [-0.1, -0.05) is 0 Å². The minimum atomic E-state index is 0.286. The quantitative estimate of drug-likeness (QED) is 0.731. The fraction of sp³-hybridized carbons (Fsp3) is 0.286. The van der Waals surface area contributed by atoms with Gasteiger partial charge in [-0.25, -0.2) is 4.98 Å². The van der Waals surface area contributed by atoms with Gasteiger partial charge in [0.1, 0.15) is 5.82 Å².